The van der Waals surface area contributed by atoms with Gasteiger partial charge in [0.1, 0.15) is 0 Å². The van der Waals surface area contributed by atoms with Gasteiger partial charge in [-0.15, -0.1) is 0 Å². The third-order valence-electron chi connectivity index (χ3n) is 3.00. The van der Waals surface area contributed by atoms with E-state index < -0.39 is 49.0 Å². The molecule has 3 atom stereocenters. The summed E-state index contributed by atoms with van der Waals surface area (Å²) in [4.78, 5) is 0. The normalized spacial score (nSPS) is 22.6. The highest BCUT2D eigenvalue weighted by Gasteiger charge is 2.82. The van der Waals surface area contributed by atoms with Crippen molar-refractivity contribution in [1.82, 2.24) is 0 Å². The molecule has 0 amide bonds. The molecule has 22 heavy (non-hydrogen) atoms. The molecule has 0 aliphatic heterocycles. The van der Waals surface area contributed by atoms with E-state index in [9.17, 15) is 48.3 Å². The molecule has 0 aromatic rings. The molecule has 0 radical (unpaired) electrons. The Hall–Kier alpha value is -0.810. The van der Waals surface area contributed by atoms with Crippen LogP contribution in [0.5, 0.6) is 0 Å². The fourth-order valence-electron chi connectivity index (χ4n) is 1.38. The van der Waals surface area contributed by atoms with Gasteiger partial charge in [-0.2, -0.15) is 35.1 Å². The van der Waals surface area contributed by atoms with Gasteiger partial charge in [-0.1, -0.05) is 6.92 Å². The summed E-state index contributed by atoms with van der Waals surface area (Å²) in [6.07, 6.45) is -20.9. The minimum absolute atomic E-state index is 0.249. The number of ether oxygens (including phenoxy) is 1. The van der Waals surface area contributed by atoms with E-state index in [4.69, 9.17) is 0 Å². The fraction of sp³-hybridized carbons (Fsp3) is 1.00. The van der Waals surface area contributed by atoms with Gasteiger partial charge in [0, 0.05) is 6.92 Å². The van der Waals surface area contributed by atoms with Crippen LogP contribution < -0.4 is 0 Å². The van der Waals surface area contributed by atoms with Crippen LogP contribution in [0.3, 0.4) is 0 Å². The molecule has 0 aromatic carbocycles. The first-order valence-electron chi connectivity index (χ1n) is 5.55. The first-order chi connectivity index (χ1) is 9.27. The average molecular weight is 356 g/mol. The van der Waals surface area contributed by atoms with Gasteiger partial charge in [-0.25, -0.2) is 13.2 Å². The Morgan fingerprint density at radius 2 is 1.05 bits per heavy atom. The second kappa shape index (κ2) is 5.38. The van der Waals surface area contributed by atoms with E-state index >= 15 is 0 Å². The Morgan fingerprint density at radius 3 is 1.27 bits per heavy atom. The average Bonchev–Trinajstić information content (AvgIpc) is 2.22. The molecule has 0 saturated carbocycles. The van der Waals surface area contributed by atoms with Crippen LogP contribution in [0, 0.1) is 0 Å². The Balaban J connectivity index is 6.09. The lowest BCUT2D eigenvalue weighted by Gasteiger charge is -2.43. The molecular weight excluding hydrogens is 345 g/mol. The molecule has 134 valence electrons. The van der Waals surface area contributed by atoms with Crippen LogP contribution in [0.15, 0.2) is 0 Å². The van der Waals surface area contributed by atoms with Crippen molar-refractivity contribution in [2.24, 2.45) is 0 Å². The third kappa shape index (κ3) is 3.25. The maximum absolute atomic E-state index is 13.9. The maximum Gasteiger partial charge on any atom is 0.448 e. The lowest BCUT2D eigenvalue weighted by Crippen LogP contribution is -2.69. The zero-order valence-corrected chi connectivity index (χ0v) is 11.3. The summed E-state index contributed by atoms with van der Waals surface area (Å²) in [7, 11) is 0. The summed E-state index contributed by atoms with van der Waals surface area (Å²) in [5, 5.41) is 0. The fourth-order valence-corrected chi connectivity index (χ4v) is 1.38. The SMILES string of the molecule is CCC(C)(F)C(F)(C(F)(F)F)C(F)(F)OC(C)(F)C(F)(F)F. The molecule has 0 bridgehead atoms. The van der Waals surface area contributed by atoms with Crippen LogP contribution in [0.1, 0.15) is 27.2 Å². The van der Waals surface area contributed by atoms with Crippen LogP contribution in [-0.4, -0.2) is 35.7 Å². The predicted molar refractivity (Wildman–Crippen MR) is 51.3 cm³/mol. The molecule has 0 aliphatic rings. The summed E-state index contributed by atoms with van der Waals surface area (Å²) in [6.45, 7) is -0.408. The lowest BCUT2D eigenvalue weighted by atomic mass is 9.83. The largest absolute Gasteiger partial charge is 0.448 e. The summed E-state index contributed by atoms with van der Waals surface area (Å²) >= 11 is 0. The molecule has 3 unspecified atom stereocenters. The molecule has 12 heteroatoms. The van der Waals surface area contributed by atoms with Crippen molar-refractivity contribution in [3.8, 4) is 0 Å². The second-order valence-corrected chi connectivity index (χ2v) is 4.74. The number of hydrogen-bond acceptors (Lipinski definition) is 1. The second-order valence-electron chi connectivity index (χ2n) is 4.74. The number of rotatable bonds is 5. The Kier molecular flexibility index (Phi) is 5.18. The zero-order chi connectivity index (χ0) is 18.4. The van der Waals surface area contributed by atoms with Crippen molar-refractivity contribution in [2.45, 2.75) is 62.8 Å². The van der Waals surface area contributed by atoms with Crippen molar-refractivity contribution in [2.75, 3.05) is 0 Å². The standard InChI is InChI=1S/C10H11F11O/c1-4-5(2,11)7(13,9(17,18)19)10(20,21)22-6(3,12)8(14,15)16/h4H2,1-3H3. The predicted octanol–water partition coefficient (Wildman–Crippen LogP) is 5.25. The van der Waals surface area contributed by atoms with E-state index in [-0.39, 0.29) is 6.92 Å². The van der Waals surface area contributed by atoms with Crippen molar-refractivity contribution in [1.29, 1.82) is 0 Å². The van der Waals surface area contributed by atoms with Gasteiger partial charge >= 0.3 is 30.0 Å². The smallest absolute Gasteiger partial charge is 0.272 e. The van der Waals surface area contributed by atoms with Crippen LogP contribution in [-0.2, 0) is 4.74 Å². The molecule has 0 aromatic heterocycles. The quantitative estimate of drug-likeness (QED) is 0.611. The van der Waals surface area contributed by atoms with E-state index in [0.717, 1.165) is 0 Å². The van der Waals surface area contributed by atoms with E-state index in [2.05, 4.69) is 4.74 Å². The lowest BCUT2D eigenvalue weighted by molar-refractivity contribution is -0.470. The third-order valence-corrected chi connectivity index (χ3v) is 3.00. The van der Waals surface area contributed by atoms with Gasteiger partial charge < -0.3 is 0 Å². The van der Waals surface area contributed by atoms with Gasteiger partial charge in [0.15, 0.2) is 5.67 Å². The maximum atomic E-state index is 13.9. The van der Waals surface area contributed by atoms with Gasteiger partial charge in [0.2, 0.25) is 0 Å². The number of hydrogen-bond donors (Lipinski definition) is 0. The number of alkyl halides is 11. The van der Waals surface area contributed by atoms with Crippen molar-refractivity contribution in [3.05, 3.63) is 0 Å². The van der Waals surface area contributed by atoms with Crippen molar-refractivity contribution in [3.63, 3.8) is 0 Å². The van der Waals surface area contributed by atoms with Crippen LogP contribution in [0.25, 0.3) is 0 Å². The summed E-state index contributed by atoms with van der Waals surface area (Å²) in [5.74, 6) is -5.34. The van der Waals surface area contributed by atoms with Crippen LogP contribution >= 0.6 is 0 Å². The van der Waals surface area contributed by atoms with Gasteiger partial charge in [0.25, 0.3) is 0 Å². The minimum Gasteiger partial charge on any atom is -0.272 e. The van der Waals surface area contributed by atoms with Gasteiger partial charge in [0.05, 0.1) is 0 Å². The van der Waals surface area contributed by atoms with E-state index in [1.54, 1.807) is 0 Å². The van der Waals surface area contributed by atoms with E-state index in [1.165, 1.54) is 0 Å². The van der Waals surface area contributed by atoms with Crippen LogP contribution in [0.4, 0.5) is 48.3 Å². The van der Waals surface area contributed by atoms with E-state index in [1.807, 2.05) is 0 Å². The van der Waals surface area contributed by atoms with Crippen LogP contribution in [0.2, 0.25) is 0 Å². The Bertz CT molecular complexity index is 395. The zero-order valence-electron chi connectivity index (χ0n) is 11.3. The van der Waals surface area contributed by atoms with Gasteiger partial charge in [-0.3, -0.25) is 4.74 Å². The molecule has 0 saturated heterocycles. The monoisotopic (exact) mass is 356 g/mol. The molecule has 0 aliphatic carbocycles. The van der Waals surface area contributed by atoms with Crippen molar-refractivity contribution >= 4 is 0 Å². The highest BCUT2D eigenvalue weighted by Crippen LogP contribution is 2.56. The topological polar surface area (TPSA) is 9.23 Å². The summed E-state index contributed by atoms with van der Waals surface area (Å²) in [5.41, 5.74) is -10.6. The molecule has 0 rings (SSSR count). The van der Waals surface area contributed by atoms with E-state index in [0.29, 0.717) is 6.92 Å². The van der Waals surface area contributed by atoms with Crippen molar-refractivity contribution < 1.29 is 53.0 Å². The summed E-state index contributed by atoms with van der Waals surface area (Å²) < 4.78 is 144. The first kappa shape index (κ1) is 21.2. The molecule has 0 fully saturated rings. The Labute approximate surface area is 117 Å². The molecule has 0 N–H and O–H groups in total. The first-order valence-corrected chi connectivity index (χ1v) is 5.55. The number of halogens is 11. The molecule has 0 spiro atoms. The highest BCUT2D eigenvalue weighted by molar-refractivity contribution is 5.08. The molecule has 0 heterocycles. The molecule has 1 nitrogen and oxygen atoms in total. The van der Waals surface area contributed by atoms with Gasteiger partial charge in [-0.05, 0) is 13.3 Å². The molecular formula is C10H11F11O. The highest BCUT2D eigenvalue weighted by atomic mass is 19.4. The minimum atomic E-state index is -6.68. The summed E-state index contributed by atoms with van der Waals surface area (Å²) in [6, 6.07) is 0. The Morgan fingerprint density at radius 1 is 0.682 bits per heavy atom.